The second-order valence-electron chi connectivity index (χ2n) is 6.05. The minimum Gasteiger partial charge on any atom is -0.354 e. The van der Waals surface area contributed by atoms with Gasteiger partial charge in [-0.05, 0) is 17.7 Å². The van der Waals surface area contributed by atoms with Crippen LogP contribution in [0, 0.1) is 0 Å². The fraction of sp³-hybridized carbons (Fsp3) is 0.375. The molecule has 0 amide bonds. The third-order valence-corrected chi connectivity index (χ3v) is 4.80. The molecule has 1 aromatic carbocycles. The summed E-state index contributed by atoms with van der Waals surface area (Å²) in [6, 6.07) is 7.06. The van der Waals surface area contributed by atoms with Crippen molar-refractivity contribution in [3.05, 3.63) is 41.2 Å². The van der Waals surface area contributed by atoms with Gasteiger partial charge in [-0.25, -0.2) is 19.0 Å². The lowest BCUT2D eigenvalue weighted by Crippen LogP contribution is -2.40. The Bertz CT molecular complexity index is 887. The molecule has 24 heavy (non-hydrogen) atoms. The Kier molecular flexibility index (Phi) is 3.60. The van der Waals surface area contributed by atoms with Crippen LogP contribution in [0.25, 0.3) is 11.2 Å². The number of anilines is 1. The minimum absolute atomic E-state index is 0.374. The van der Waals surface area contributed by atoms with Gasteiger partial charge < -0.3 is 4.90 Å². The van der Waals surface area contributed by atoms with Crippen molar-refractivity contribution in [3.63, 3.8) is 0 Å². The lowest BCUT2D eigenvalue weighted by atomic mass is 9.86. The Balaban J connectivity index is 1.59. The molecule has 4 rings (SSSR count). The summed E-state index contributed by atoms with van der Waals surface area (Å²) in [6.45, 7) is 1.09. The average molecular weight is 347 g/mol. The van der Waals surface area contributed by atoms with Crippen molar-refractivity contribution < 1.29 is 4.39 Å². The summed E-state index contributed by atoms with van der Waals surface area (Å²) in [6.07, 6.45) is 2.24. The highest BCUT2D eigenvalue weighted by Gasteiger charge is 2.37. The predicted octanol–water partition coefficient (Wildman–Crippen LogP) is 2.88. The molecule has 0 saturated carbocycles. The van der Waals surface area contributed by atoms with E-state index >= 15 is 4.39 Å². The molecule has 1 aliphatic heterocycles. The third kappa shape index (κ3) is 2.49. The highest BCUT2D eigenvalue weighted by molar-refractivity contribution is 6.30. The molecule has 0 aliphatic carbocycles. The number of rotatable bonds is 2. The van der Waals surface area contributed by atoms with E-state index in [1.165, 1.54) is 6.33 Å². The second-order valence-corrected chi connectivity index (χ2v) is 6.48. The standard InChI is InChI=1S/C16H16ClFN6/c1-23-14-13(21-22-23)15(20-10-19-14)24-7-5-16(18,6-8-24)11-3-2-4-12(17)9-11/h2-4,9-10H,5-8H2,1H3. The Morgan fingerprint density at radius 3 is 2.75 bits per heavy atom. The van der Waals surface area contributed by atoms with E-state index in [9.17, 15) is 0 Å². The molecule has 0 atom stereocenters. The smallest absolute Gasteiger partial charge is 0.183 e. The molecule has 3 aromatic rings. The molecule has 0 bridgehead atoms. The van der Waals surface area contributed by atoms with Gasteiger partial charge in [-0.1, -0.05) is 28.9 Å². The van der Waals surface area contributed by atoms with Crippen molar-refractivity contribution in [3.8, 4) is 0 Å². The van der Waals surface area contributed by atoms with Crippen LogP contribution in [0.2, 0.25) is 5.02 Å². The van der Waals surface area contributed by atoms with E-state index in [0.29, 0.717) is 53.5 Å². The number of halogens is 2. The lowest BCUT2D eigenvalue weighted by Gasteiger charge is -2.37. The fourth-order valence-corrected chi connectivity index (χ4v) is 3.39. The predicted molar refractivity (Wildman–Crippen MR) is 89.8 cm³/mol. The first-order chi connectivity index (χ1) is 11.6. The summed E-state index contributed by atoms with van der Waals surface area (Å²) in [5.41, 5.74) is 0.596. The first kappa shape index (κ1) is 15.3. The van der Waals surface area contributed by atoms with E-state index in [-0.39, 0.29) is 0 Å². The van der Waals surface area contributed by atoms with Crippen LogP contribution in [0.3, 0.4) is 0 Å². The van der Waals surface area contributed by atoms with Crippen molar-refractivity contribution >= 4 is 28.6 Å². The van der Waals surface area contributed by atoms with Gasteiger partial charge in [0.15, 0.2) is 17.0 Å². The molecule has 0 unspecified atom stereocenters. The number of piperidine rings is 1. The zero-order chi connectivity index (χ0) is 16.7. The molecule has 0 N–H and O–H groups in total. The van der Waals surface area contributed by atoms with Crippen molar-refractivity contribution in [1.82, 2.24) is 25.0 Å². The van der Waals surface area contributed by atoms with E-state index < -0.39 is 5.67 Å². The maximum absolute atomic E-state index is 15.3. The van der Waals surface area contributed by atoms with Gasteiger partial charge in [-0.2, -0.15) is 0 Å². The molecular weight excluding hydrogens is 331 g/mol. The molecule has 1 fully saturated rings. The summed E-state index contributed by atoms with van der Waals surface area (Å²) < 4.78 is 16.9. The molecule has 124 valence electrons. The quantitative estimate of drug-likeness (QED) is 0.714. The van der Waals surface area contributed by atoms with Gasteiger partial charge in [0.2, 0.25) is 0 Å². The maximum atomic E-state index is 15.3. The van der Waals surface area contributed by atoms with Gasteiger partial charge >= 0.3 is 0 Å². The summed E-state index contributed by atoms with van der Waals surface area (Å²) in [5.74, 6) is 0.709. The third-order valence-electron chi connectivity index (χ3n) is 4.57. The minimum atomic E-state index is -1.37. The van der Waals surface area contributed by atoms with Gasteiger partial charge in [0, 0.05) is 38.0 Å². The summed E-state index contributed by atoms with van der Waals surface area (Å²) in [7, 11) is 1.79. The number of aromatic nitrogens is 5. The number of fused-ring (bicyclic) bond motifs is 1. The van der Waals surface area contributed by atoms with Crippen LogP contribution in [0.5, 0.6) is 0 Å². The number of hydrogen-bond donors (Lipinski definition) is 0. The summed E-state index contributed by atoms with van der Waals surface area (Å²) in [5, 5.41) is 8.68. The fourth-order valence-electron chi connectivity index (χ4n) is 3.20. The number of alkyl halides is 1. The topological polar surface area (TPSA) is 59.7 Å². The number of aryl methyl sites for hydroxylation is 1. The summed E-state index contributed by atoms with van der Waals surface area (Å²) >= 11 is 6.01. The van der Waals surface area contributed by atoms with Crippen LogP contribution >= 0.6 is 11.6 Å². The van der Waals surface area contributed by atoms with Crippen molar-refractivity contribution in [2.75, 3.05) is 18.0 Å². The molecular formula is C16H16ClFN6. The molecule has 1 aliphatic rings. The first-order valence-corrected chi connectivity index (χ1v) is 8.15. The monoisotopic (exact) mass is 346 g/mol. The van der Waals surface area contributed by atoms with E-state index in [0.717, 1.165) is 0 Å². The highest BCUT2D eigenvalue weighted by Crippen LogP contribution is 2.39. The molecule has 1 saturated heterocycles. The lowest BCUT2D eigenvalue weighted by molar-refractivity contribution is 0.125. The highest BCUT2D eigenvalue weighted by atomic mass is 35.5. The molecule has 0 spiro atoms. The normalized spacial score (nSPS) is 17.4. The van der Waals surface area contributed by atoms with E-state index in [4.69, 9.17) is 11.6 Å². The molecule has 0 radical (unpaired) electrons. The average Bonchev–Trinajstić information content (AvgIpc) is 2.97. The van der Waals surface area contributed by atoms with Crippen molar-refractivity contribution in [1.29, 1.82) is 0 Å². The Hall–Kier alpha value is -2.28. The van der Waals surface area contributed by atoms with Crippen molar-refractivity contribution in [2.24, 2.45) is 7.05 Å². The number of benzene rings is 1. The number of nitrogens with zero attached hydrogens (tertiary/aromatic N) is 6. The molecule has 2 aromatic heterocycles. The van der Waals surface area contributed by atoms with E-state index in [1.54, 1.807) is 36.0 Å². The van der Waals surface area contributed by atoms with Gasteiger partial charge in [0.25, 0.3) is 0 Å². The Labute approximate surface area is 143 Å². The number of hydrogen-bond acceptors (Lipinski definition) is 5. The van der Waals surface area contributed by atoms with Crippen LogP contribution in [0.4, 0.5) is 10.2 Å². The molecule has 8 heteroatoms. The van der Waals surface area contributed by atoms with Crippen LogP contribution in [0.15, 0.2) is 30.6 Å². The molecule has 6 nitrogen and oxygen atoms in total. The maximum Gasteiger partial charge on any atom is 0.183 e. The zero-order valence-electron chi connectivity index (χ0n) is 13.2. The zero-order valence-corrected chi connectivity index (χ0v) is 13.9. The van der Waals surface area contributed by atoms with Gasteiger partial charge in [0.05, 0.1) is 0 Å². The summed E-state index contributed by atoms with van der Waals surface area (Å²) in [4.78, 5) is 10.6. The SMILES string of the molecule is Cn1nnc2c(N3CCC(F)(c4cccc(Cl)c4)CC3)ncnc21. The van der Waals surface area contributed by atoms with Crippen LogP contribution in [-0.2, 0) is 12.7 Å². The van der Waals surface area contributed by atoms with Crippen molar-refractivity contribution in [2.45, 2.75) is 18.5 Å². The Morgan fingerprint density at radius 1 is 1.21 bits per heavy atom. The van der Waals surface area contributed by atoms with Crippen LogP contribution in [0.1, 0.15) is 18.4 Å². The van der Waals surface area contributed by atoms with Crippen LogP contribution < -0.4 is 4.90 Å². The largest absolute Gasteiger partial charge is 0.354 e. The van der Waals surface area contributed by atoms with E-state index in [2.05, 4.69) is 20.3 Å². The van der Waals surface area contributed by atoms with Gasteiger partial charge in [0.1, 0.15) is 12.0 Å². The van der Waals surface area contributed by atoms with Gasteiger partial charge in [-0.15, -0.1) is 5.10 Å². The second kappa shape index (κ2) is 5.66. The Morgan fingerprint density at radius 2 is 2.00 bits per heavy atom. The van der Waals surface area contributed by atoms with E-state index in [1.807, 2.05) is 4.90 Å². The molecule has 3 heterocycles. The first-order valence-electron chi connectivity index (χ1n) is 7.77. The van der Waals surface area contributed by atoms with Gasteiger partial charge in [-0.3, -0.25) is 0 Å². The van der Waals surface area contributed by atoms with Crippen LogP contribution in [-0.4, -0.2) is 38.1 Å².